The highest BCUT2D eigenvalue weighted by Crippen LogP contribution is 2.18. The van der Waals surface area contributed by atoms with Gasteiger partial charge in [0.1, 0.15) is 5.82 Å². The zero-order chi connectivity index (χ0) is 15.0. The Kier molecular flexibility index (Phi) is 7.01. The molecule has 5 heteroatoms. The van der Waals surface area contributed by atoms with Crippen LogP contribution in [0.5, 0.6) is 0 Å². The van der Waals surface area contributed by atoms with Gasteiger partial charge in [-0.3, -0.25) is 4.79 Å². The normalized spacial score (nSPS) is 12.2. The van der Waals surface area contributed by atoms with Gasteiger partial charge in [0, 0.05) is 13.1 Å². The van der Waals surface area contributed by atoms with Gasteiger partial charge in [-0.25, -0.2) is 4.39 Å². The Balaban J connectivity index is 2.64. The van der Waals surface area contributed by atoms with E-state index in [2.05, 4.69) is 5.32 Å². The second-order valence-corrected chi connectivity index (χ2v) is 4.73. The number of para-hydroxylation sites is 1. The highest BCUT2D eigenvalue weighted by atomic mass is 19.1. The maximum absolute atomic E-state index is 13.8. The molecule has 0 heterocycles. The first-order valence-electron chi connectivity index (χ1n) is 7.12. The van der Waals surface area contributed by atoms with Gasteiger partial charge in [-0.1, -0.05) is 19.1 Å². The van der Waals surface area contributed by atoms with Gasteiger partial charge in [0.05, 0.1) is 11.7 Å². The van der Waals surface area contributed by atoms with Crippen LogP contribution in [0.3, 0.4) is 0 Å². The van der Waals surface area contributed by atoms with Gasteiger partial charge >= 0.3 is 0 Å². The largest absolute Gasteiger partial charge is 0.369 e. The van der Waals surface area contributed by atoms with Crippen molar-refractivity contribution in [2.75, 3.05) is 24.5 Å². The Morgan fingerprint density at radius 3 is 2.65 bits per heavy atom. The molecule has 1 amide bonds. The first-order chi connectivity index (χ1) is 9.60. The average Bonchev–Trinajstić information content (AvgIpc) is 2.43. The van der Waals surface area contributed by atoms with E-state index in [1.807, 2.05) is 24.8 Å². The van der Waals surface area contributed by atoms with Crippen molar-refractivity contribution in [2.24, 2.45) is 5.73 Å². The van der Waals surface area contributed by atoms with Gasteiger partial charge < -0.3 is 16.0 Å². The molecular weight excluding hydrogens is 257 g/mol. The minimum atomic E-state index is -0.365. The quantitative estimate of drug-likeness (QED) is 0.727. The summed E-state index contributed by atoms with van der Waals surface area (Å²) in [4.78, 5) is 13.3. The third-order valence-corrected chi connectivity index (χ3v) is 3.25. The first-order valence-corrected chi connectivity index (χ1v) is 7.12. The van der Waals surface area contributed by atoms with Crippen LogP contribution in [0.4, 0.5) is 10.1 Å². The molecule has 20 heavy (non-hydrogen) atoms. The first kappa shape index (κ1) is 16.4. The van der Waals surface area contributed by atoms with Gasteiger partial charge in [-0.2, -0.15) is 0 Å². The number of rotatable bonds is 9. The van der Waals surface area contributed by atoms with E-state index in [1.54, 1.807) is 12.1 Å². The van der Waals surface area contributed by atoms with Crippen LogP contribution in [0.2, 0.25) is 0 Å². The van der Waals surface area contributed by atoms with Crippen LogP contribution < -0.4 is 16.0 Å². The zero-order valence-electron chi connectivity index (χ0n) is 12.2. The molecule has 4 nitrogen and oxygen atoms in total. The predicted octanol–water partition coefficient (Wildman–Crippen LogP) is 1.90. The Hall–Kier alpha value is -1.62. The molecular formula is C15H24FN3O. The summed E-state index contributed by atoms with van der Waals surface area (Å²) in [5.41, 5.74) is 5.94. The number of benzene rings is 1. The third-order valence-electron chi connectivity index (χ3n) is 3.25. The number of hydrogen-bond acceptors (Lipinski definition) is 3. The van der Waals surface area contributed by atoms with Crippen molar-refractivity contribution in [3.05, 3.63) is 30.1 Å². The number of nitrogens with one attached hydrogen (secondary N) is 1. The molecule has 0 spiro atoms. The summed E-state index contributed by atoms with van der Waals surface area (Å²) in [5, 5.41) is 3.12. The van der Waals surface area contributed by atoms with Gasteiger partial charge in [0.15, 0.2) is 0 Å². The molecule has 1 unspecified atom stereocenters. The fourth-order valence-corrected chi connectivity index (χ4v) is 2.11. The summed E-state index contributed by atoms with van der Waals surface area (Å²) >= 11 is 0. The predicted molar refractivity (Wildman–Crippen MR) is 80.2 cm³/mol. The van der Waals surface area contributed by atoms with Crippen molar-refractivity contribution in [3.8, 4) is 0 Å². The van der Waals surface area contributed by atoms with E-state index in [0.717, 1.165) is 13.0 Å². The number of carbonyl (C=O) groups excluding carboxylic acids is 1. The highest BCUT2D eigenvalue weighted by molar-refractivity contribution is 5.79. The van der Waals surface area contributed by atoms with E-state index in [9.17, 15) is 9.18 Å². The number of hydrogen-bond donors (Lipinski definition) is 2. The van der Waals surface area contributed by atoms with Crippen molar-refractivity contribution in [1.29, 1.82) is 0 Å². The molecule has 1 aromatic rings. The van der Waals surface area contributed by atoms with Gasteiger partial charge in [-0.05, 0) is 38.4 Å². The number of anilines is 1. The number of halogens is 1. The minimum Gasteiger partial charge on any atom is -0.369 e. The molecule has 0 radical (unpaired) electrons. The SMILES string of the molecule is CCCNC(CCN(CC)c1ccccc1F)C(N)=O. The van der Waals surface area contributed by atoms with Crippen LogP contribution in [0.25, 0.3) is 0 Å². The topological polar surface area (TPSA) is 58.4 Å². The molecule has 0 fully saturated rings. The molecule has 0 aliphatic carbocycles. The Morgan fingerprint density at radius 1 is 1.40 bits per heavy atom. The van der Waals surface area contributed by atoms with E-state index in [0.29, 0.717) is 25.2 Å². The van der Waals surface area contributed by atoms with E-state index in [1.165, 1.54) is 6.07 Å². The van der Waals surface area contributed by atoms with Crippen LogP contribution in [0.15, 0.2) is 24.3 Å². The van der Waals surface area contributed by atoms with Crippen molar-refractivity contribution >= 4 is 11.6 Å². The number of primary amides is 1. The lowest BCUT2D eigenvalue weighted by Gasteiger charge is -2.25. The Labute approximate surface area is 120 Å². The van der Waals surface area contributed by atoms with E-state index < -0.39 is 0 Å². The lowest BCUT2D eigenvalue weighted by atomic mass is 10.1. The van der Waals surface area contributed by atoms with E-state index in [4.69, 9.17) is 5.73 Å². The summed E-state index contributed by atoms with van der Waals surface area (Å²) < 4.78 is 13.8. The number of amides is 1. The van der Waals surface area contributed by atoms with E-state index in [-0.39, 0.29) is 17.8 Å². The summed E-state index contributed by atoms with van der Waals surface area (Å²) in [7, 11) is 0. The third kappa shape index (κ3) is 4.81. The summed E-state index contributed by atoms with van der Waals surface area (Å²) in [5.74, 6) is -0.602. The summed E-state index contributed by atoms with van der Waals surface area (Å²) in [6, 6.07) is 6.30. The van der Waals surface area contributed by atoms with Crippen LogP contribution in [0, 0.1) is 5.82 Å². The Morgan fingerprint density at radius 2 is 2.10 bits per heavy atom. The molecule has 0 saturated heterocycles. The molecule has 1 rings (SSSR count). The van der Waals surface area contributed by atoms with Crippen molar-refractivity contribution < 1.29 is 9.18 Å². The highest BCUT2D eigenvalue weighted by Gasteiger charge is 2.16. The molecule has 1 aromatic carbocycles. The van der Waals surface area contributed by atoms with Crippen molar-refractivity contribution in [2.45, 2.75) is 32.7 Å². The molecule has 112 valence electrons. The lowest BCUT2D eigenvalue weighted by molar-refractivity contribution is -0.120. The number of carbonyl (C=O) groups is 1. The smallest absolute Gasteiger partial charge is 0.234 e. The monoisotopic (exact) mass is 281 g/mol. The van der Waals surface area contributed by atoms with Crippen molar-refractivity contribution in [1.82, 2.24) is 5.32 Å². The van der Waals surface area contributed by atoms with Crippen LogP contribution in [-0.4, -0.2) is 31.6 Å². The molecule has 0 bridgehead atoms. The maximum Gasteiger partial charge on any atom is 0.234 e. The van der Waals surface area contributed by atoms with Crippen LogP contribution >= 0.6 is 0 Å². The summed E-state index contributed by atoms with van der Waals surface area (Å²) in [6.45, 7) is 6.01. The minimum absolute atomic E-state index is 0.244. The second kappa shape index (κ2) is 8.53. The molecule has 0 aliphatic rings. The van der Waals surface area contributed by atoms with Gasteiger partial charge in [0.25, 0.3) is 0 Å². The van der Waals surface area contributed by atoms with E-state index >= 15 is 0 Å². The fourth-order valence-electron chi connectivity index (χ4n) is 2.11. The fraction of sp³-hybridized carbons (Fsp3) is 0.533. The number of nitrogens with two attached hydrogens (primary N) is 1. The molecule has 3 N–H and O–H groups in total. The molecule has 0 aliphatic heterocycles. The van der Waals surface area contributed by atoms with Crippen LogP contribution in [0.1, 0.15) is 26.7 Å². The Bertz CT molecular complexity index is 425. The average molecular weight is 281 g/mol. The molecule has 0 aromatic heterocycles. The maximum atomic E-state index is 13.8. The molecule has 0 saturated carbocycles. The van der Waals surface area contributed by atoms with Gasteiger partial charge in [-0.15, -0.1) is 0 Å². The number of nitrogens with zero attached hydrogens (tertiary/aromatic N) is 1. The van der Waals surface area contributed by atoms with Crippen LogP contribution in [-0.2, 0) is 4.79 Å². The van der Waals surface area contributed by atoms with Crippen molar-refractivity contribution in [3.63, 3.8) is 0 Å². The standard InChI is InChI=1S/C15H24FN3O/c1-3-10-18-13(15(17)20)9-11-19(4-2)14-8-6-5-7-12(14)16/h5-8,13,18H,3-4,9-11H2,1-2H3,(H2,17,20). The zero-order valence-corrected chi connectivity index (χ0v) is 12.2. The molecule has 1 atom stereocenters. The summed E-state index contributed by atoms with van der Waals surface area (Å²) in [6.07, 6.45) is 1.51. The lowest BCUT2D eigenvalue weighted by Crippen LogP contribution is -2.44. The van der Waals surface area contributed by atoms with Gasteiger partial charge in [0.2, 0.25) is 5.91 Å². The second-order valence-electron chi connectivity index (χ2n) is 4.73.